The van der Waals surface area contributed by atoms with Gasteiger partial charge in [-0.15, -0.1) is 0 Å². The minimum atomic E-state index is -0.0734. The van der Waals surface area contributed by atoms with Gasteiger partial charge in [0.2, 0.25) is 6.79 Å². The monoisotopic (exact) mass is 354 g/mol. The maximum absolute atomic E-state index is 12.5. The number of pyridine rings is 1. The Kier molecular flexibility index (Phi) is 4.65. The fraction of sp³-hybridized carbons (Fsp3) is 0.400. The van der Waals surface area contributed by atoms with Gasteiger partial charge in [0.25, 0.3) is 5.91 Å². The van der Waals surface area contributed by atoms with Crippen LogP contribution in [0.2, 0.25) is 0 Å². The maximum Gasteiger partial charge on any atom is 0.251 e. The number of nitrogens with one attached hydrogen (secondary N) is 1. The molecular weight excluding hydrogens is 332 g/mol. The lowest BCUT2D eigenvalue weighted by Gasteiger charge is -2.29. The number of aryl methyl sites for hydroxylation is 1. The van der Waals surface area contributed by atoms with Crippen molar-refractivity contribution in [2.75, 3.05) is 6.79 Å². The van der Waals surface area contributed by atoms with Gasteiger partial charge in [0.15, 0.2) is 11.5 Å². The number of carbonyl (C=O) groups excluding carboxylic acids is 1. The topological polar surface area (TPSA) is 69.7 Å². The Balaban J connectivity index is 1.30. The Morgan fingerprint density at radius 3 is 2.77 bits per heavy atom. The largest absolute Gasteiger partial charge is 0.489 e. The molecule has 1 aromatic heterocycles. The summed E-state index contributed by atoms with van der Waals surface area (Å²) in [5, 5.41) is 3.12. The number of hydrogen-bond donors (Lipinski definition) is 1. The Morgan fingerprint density at radius 2 is 1.96 bits per heavy atom. The van der Waals surface area contributed by atoms with Crippen molar-refractivity contribution in [1.82, 2.24) is 10.3 Å². The highest BCUT2D eigenvalue weighted by Gasteiger charge is 2.25. The predicted octanol–water partition coefficient (Wildman–Crippen LogP) is 3.24. The molecule has 4 rings (SSSR count). The van der Waals surface area contributed by atoms with E-state index in [-0.39, 0.29) is 24.8 Å². The van der Waals surface area contributed by atoms with Crippen molar-refractivity contribution in [3.8, 4) is 17.2 Å². The molecule has 1 aliphatic carbocycles. The maximum atomic E-state index is 12.5. The minimum Gasteiger partial charge on any atom is -0.489 e. The lowest BCUT2D eigenvalue weighted by molar-refractivity contribution is 0.0893. The van der Waals surface area contributed by atoms with Crippen LogP contribution in [0.3, 0.4) is 0 Å². The Bertz CT molecular complexity index is 800. The first kappa shape index (κ1) is 16.7. The highest BCUT2D eigenvalue weighted by atomic mass is 16.7. The fourth-order valence-corrected chi connectivity index (χ4v) is 3.41. The van der Waals surface area contributed by atoms with E-state index in [4.69, 9.17) is 14.2 Å². The summed E-state index contributed by atoms with van der Waals surface area (Å²) in [6.45, 7) is 2.16. The first-order valence-corrected chi connectivity index (χ1v) is 8.98. The number of amides is 1. The van der Waals surface area contributed by atoms with Crippen LogP contribution in [0.1, 0.15) is 41.7 Å². The Labute approximate surface area is 152 Å². The molecule has 6 nitrogen and oxygen atoms in total. The average molecular weight is 354 g/mol. The Morgan fingerprint density at radius 1 is 1.15 bits per heavy atom. The summed E-state index contributed by atoms with van der Waals surface area (Å²) in [7, 11) is 0. The summed E-state index contributed by atoms with van der Waals surface area (Å²) in [6, 6.07) is 9.29. The summed E-state index contributed by atoms with van der Waals surface area (Å²) in [5.74, 6) is 2.09. The van der Waals surface area contributed by atoms with Gasteiger partial charge in [0, 0.05) is 17.8 Å². The van der Waals surface area contributed by atoms with Gasteiger partial charge in [0.05, 0.1) is 11.8 Å². The van der Waals surface area contributed by atoms with Crippen molar-refractivity contribution in [1.29, 1.82) is 0 Å². The number of fused-ring (bicyclic) bond motifs is 1. The number of aromatic nitrogens is 1. The zero-order valence-corrected chi connectivity index (χ0v) is 14.7. The van der Waals surface area contributed by atoms with E-state index >= 15 is 0 Å². The van der Waals surface area contributed by atoms with E-state index in [1.165, 1.54) is 0 Å². The normalized spacial score (nSPS) is 21.3. The zero-order chi connectivity index (χ0) is 17.9. The number of rotatable bonds is 4. The molecule has 2 heterocycles. The SMILES string of the molecule is Cc1ncccc1OC1CCC(NC(=O)c2ccc3c(c2)OCO3)CC1. The van der Waals surface area contributed by atoms with Gasteiger partial charge in [-0.3, -0.25) is 9.78 Å². The summed E-state index contributed by atoms with van der Waals surface area (Å²) >= 11 is 0. The molecule has 136 valence electrons. The van der Waals surface area contributed by atoms with Gasteiger partial charge < -0.3 is 19.5 Å². The van der Waals surface area contributed by atoms with E-state index < -0.39 is 0 Å². The molecule has 1 saturated carbocycles. The quantitative estimate of drug-likeness (QED) is 0.913. The van der Waals surface area contributed by atoms with Crippen molar-refractivity contribution < 1.29 is 19.0 Å². The van der Waals surface area contributed by atoms with Crippen LogP contribution in [0, 0.1) is 6.92 Å². The van der Waals surface area contributed by atoms with Crippen LogP contribution in [0.15, 0.2) is 36.5 Å². The van der Waals surface area contributed by atoms with Crippen molar-refractivity contribution >= 4 is 5.91 Å². The molecule has 0 atom stereocenters. The molecule has 2 aromatic rings. The van der Waals surface area contributed by atoms with Gasteiger partial charge in [-0.05, 0) is 62.9 Å². The number of ether oxygens (including phenoxy) is 3. The van der Waals surface area contributed by atoms with Crippen LogP contribution < -0.4 is 19.5 Å². The van der Waals surface area contributed by atoms with E-state index in [2.05, 4.69) is 10.3 Å². The van der Waals surface area contributed by atoms with Crippen molar-refractivity contribution in [3.05, 3.63) is 47.8 Å². The third-order valence-electron chi connectivity index (χ3n) is 4.90. The number of benzene rings is 1. The molecule has 1 amide bonds. The van der Waals surface area contributed by atoms with Gasteiger partial charge in [-0.25, -0.2) is 0 Å². The van der Waals surface area contributed by atoms with Crippen molar-refractivity contribution in [2.24, 2.45) is 0 Å². The molecule has 1 N–H and O–H groups in total. The van der Waals surface area contributed by atoms with E-state index in [1.54, 1.807) is 24.4 Å². The second kappa shape index (κ2) is 7.23. The molecule has 1 aliphatic heterocycles. The second-order valence-corrected chi connectivity index (χ2v) is 6.72. The highest BCUT2D eigenvalue weighted by Crippen LogP contribution is 2.32. The number of nitrogens with zero attached hydrogens (tertiary/aromatic N) is 1. The van der Waals surface area contributed by atoms with E-state index in [1.807, 2.05) is 19.1 Å². The minimum absolute atomic E-state index is 0.0734. The number of carbonyl (C=O) groups is 1. The molecule has 0 saturated heterocycles. The number of hydrogen-bond acceptors (Lipinski definition) is 5. The first-order valence-electron chi connectivity index (χ1n) is 8.98. The molecule has 0 unspecified atom stereocenters. The van der Waals surface area contributed by atoms with Gasteiger partial charge in [-0.1, -0.05) is 0 Å². The van der Waals surface area contributed by atoms with E-state index in [0.29, 0.717) is 17.1 Å². The van der Waals surface area contributed by atoms with Gasteiger partial charge >= 0.3 is 0 Å². The molecular formula is C20H22N2O4. The second-order valence-electron chi connectivity index (χ2n) is 6.72. The summed E-state index contributed by atoms with van der Waals surface area (Å²) in [5.41, 5.74) is 1.50. The molecule has 6 heteroatoms. The summed E-state index contributed by atoms with van der Waals surface area (Å²) in [4.78, 5) is 16.7. The third kappa shape index (κ3) is 3.59. The van der Waals surface area contributed by atoms with Crippen LogP contribution in [0.25, 0.3) is 0 Å². The van der Waals surface area contributed by atoms with Crippen LogP contribution in [0.4, 0.5) is 0 Å². The van der Waals surface area contributed by atoms with Gasteiger partial charge in [-0.2, -0.15) is 0 Å². The predicted molar refractivity (Wildman–Crippen MR) is 95.7 cm³/mol. The lowest BCUT2D eigenvalue weighted by atomic mass is 9.92. The molecule has 1 aromatic carbocycles. The molecule has 2 aliphatic rings. The highest BCUT2D eigenvalue weighted by molar-refractivity contribution is 5.95. The summed E-state index contributed by atoms with van der Waals surface area (Å²) in [6.07, 6.45) is 5.59. The van der Waals surface area contributed by atoms with Gasteiger partial charge in [0.1, 0.15) is 5.75 Å². The van der Waals surface area contributed by atoms with Crippen molar-refractivity contribution in [3.63, 3.8) is 0 Å². The van der Waals surface area contributed by atoms with Crippen molar-refractivity contribution in [2.45, 2.75) is 44.8 Å². The van der Waals surface area contributed by atoms with Crippen LogP contribution in [-0.4, -0.2) is 29.8 Å². The van der Waals surface area contributed by atoms with Crippen LogP contribution >= 0.6 is 0 Å². The molecule has 1 fully saturated rings. The zero-order valence-electron chi connectivity index (χ0n) is 14.7. The summed E-state index contributed by atoms with van der Waals surface area (Å²) < 4.78 is 16.7. The van der Waals surface area contributed by atoms with E-state index in [9.17, 15) is 4.79 Å². The molecule has 0 bridgehead atoms. The fourth-order valence-electron chi connectivity index (χ4n) is 3.41. The lowest BCUT2D eigenvalue weighted by Crippen LogP contribution is -2.39. The first-order chi connectivity index (χ1) is 12.7. The molecule has 0 spiro atoms. The van der Waals surface area contributed by atoms with E-state index in [0.717, 1.165) is 37.1 Å². The third-order valence-corrected chi connectivity index (χ3v) is 4.90. The average Bonchev–Trinajstić information content (AvgIpc) is 3.13. The van der Waals surface area contributed by atoms with Crippen LogP contribution in [0.5, 0.6) is 17.2 Å². The smallest absolute Gasteiger partial charge is 0.251 e. The Hall–Kier alpha value is -2.76. The molecule has 26 heavy (non-hydrogen) atoms. The molecule has 0 radical (unpaired) electrons. The standard InChI is InChI=1S/C20H22N2O4/c1-13-17(3-2-10-21-13)26-16-7-5-15(6-8-16)22-20(23)14-4-9-18-19(11-14)25-12-24-18/h2-4,9-11,15-16H,5-8,12H2,1H3,(H,22,23). The van der Waals surface area contributed by atoms with Crippen LogP contribution in [-0.2, 0) is 0 Å².